The van der Waals surface area contributed by atoms with Gasteiger partial charge in [0.2, 0.25) is 11.8 Å². The van der Waals surface area contributed by atoms with Gasteiger partial charge in [0.15, 0.2) is 0 Å². The molecule has 0 bridgehead atoms. The van der Waals surface area contributed by atoms with Crippen molar-refractivity contribution in [3.8, 4) is 17.6 Å². The van der Waals surface area contributed by atoms with Crippen molar-refractivity contribution >= 4 is 32.0 Å². The number of guanidine groups is 1. The zero-order chi connectivity index (χ0) is 28.5. The Labute approximate surface area is 227 Å². The fourth-order valence-electron chi connectivity index (χ4n) is 3.57. The normalized spacial score (nSPS) is 13.4. The smallest absolute Gasteiger partial charge is 0.340 e. The molecule has 2 aromatic rings. The number of anilines is 1. The van der Waals surface area contributed by atoms with E-state index in [1.165, 1.54) is 42.7 Å². The summed E-state index contributed by atoms with van der Waals surface area (Å²) < 4.78 is 71.1. The van der Waals surface area contributed by atoms with Crippen molar-refractivity contribution < 1.29 is 35.0 Å². The summed E-state index contributed by atoms with van der Waals surface area (Å²) in [6.45, 7) is 1.91. The van der Waals surface area contributed by atoms with Gasteiger partial charge in [-0.25, -0.2) is 12.7 Å². The Hall–Kier alpha value is -4.16. The molecule has 0 atom stereocenters. The molecular weight excluding hydrogens is 550 g/mol. The molecule has 0 amide bonds. The maximum atomic E-state index is 13.6. The predicted octanol–water partition coefficient (Wildman–Crippen LogP) is 2.58. The van der Waals surface area contributed by atoms with Crippen molar-refractivity contribution in [1.29, 1.82) is 5.26 Å². The number of nitriles is 1. The van der Waals surface area contributed by atoms with Crippen LogP contribution in [-0.2, 0) is 25.0 Å². The van der Waals surface area contributed by atoms with E-state index < -0.39 is 30.0 Å². The maximum Gasteiger partial charge on any atom is 0.340 e. The van der Waals surface area contributed by atoms with Gasteiger partial charge in [0.05, 0.1) is 31.9 Å². The monoisotopic (exact) mass is 579 g/mol. The minimum absolute atomic E-state index is 0.0430. The minimum Gasteiger partial charge on any atom is -0.493 e. The summed E-state index contributed by atoms with van der Waals surface area (Å²) in [5, 5.41) is 12.4. The number of nitrogens with two attached hydrogens (primary N) is 2. The lowest BCUT2D eigenvalue weighted by Gasteiger charge is -2.25. The highest BCUT2D eigenvalue weighted by Gasteiger charge is 2.37. The molecule has 0 radical (unpaired) electrons. The van der Waals surface area contributed by atoms with Crippen LogP contribution in [-0.4, -0.2) is 42.6 Å². The van der Waals surface area contributed by atoms with Crippen molar-refractivity contribution in [2.24, 2.45) is 16.6 Å². The quantitative estimate of drug-likeness (QED) is 0.109. The fraction of sp³-hybridized carbons (Fsp3) is 0.333. The molecule has 0 saturated carbocycles. The van der Waals surface area contributed by atoms with Gasteiger partial charge < -0.3 is 29.6 Å². The third-order valence-electron chi connectivity index (χ3n) is 5.13. The molecule has 3 rings (SSSR count). The number of allylic oxidation sites excluding steroid dienone is 2. The SMILES string of the molecule is Cc1cc(OCCCON=C(N)N)cc(OS(=O)(=O)C2=CCCC=C2S(=O)(=O)N(CCC#N)c2ccco2)c1. The highest BCUT2D eigenvalue weighted by molar-refractivity contribution is 7.99. The molecule has 15 heteroatoms. The third-order valence-corrected chi connectivity index (χ3v) is 8.49. The molecule has 0 spiro atoms. The van der Waals surface area contributed by atoms with Gasteiger partial charge in [0, 0.05) is 18.6 Å². The van der Waals surface area contributed by atoms with Crippen LogP contribution in [0.5, 0.6) is 11.5 Å². The van der Waals surface area contributed by atoms with E-state index in [2.05, 4.69) is 5.16 Å². The Morgan fingerprint density at radius 3 is 2.49 bits per heavy atom. The third kappa shape index (κ3) is 7.91. The molecule has 0 aliphatic heterocycles. The van der Waals surface area contributed by atoms with Crippen molar-refractivity contribution in [2.75, 3.05) is 24.1 Å². The molecule has 1 heterocycles. The Balaban J connectivity index is 1.80. The van der Waals surface area contributed by atoms with Crippen LogP contribution in [0.3, 0.4) is 0 Å². The summed E-state index contributed by atoms with van der Waals surface area (Å²) in [4.78, 5) is 3.93. The Kier molecular flexibility index (Phi) is 9.85. The average molecular weight is 580 g/mol. The van der Waals surface area contributed by atoms with E-state index in [1.54, 1.807) is 13.0 Å². The summed E-state index contributed by atoms with van der Waals surface area (Å²) in [6, 6.07) is 9.34. The first kappa shape index (κ1) is 29.4. The number of rotatable bonds is 14. The van der Waals surface area contributed by atoms with Crippen molar-refractivity contribution in [3.05, 3.63) is 64.1 Å². The summed E-state index contributed by atoms with van der Waals surface area (Å²) in [5.74, 6) is 0.0341. The number of ether oxygens (including phenoxy) is 1. The van der Waals surface area contributed by atoms with Gasteiger partial charge >= 0.3 is 10.1 Å². The lowest BCUT2D eigenvalue weighted by molar-refractivity contribution is 0.127. The Morgan fingerprint density at radius 2 is 1.82 bits per heavy atom. The molecule has 1 aromatic heterocycles. The first-order chi connectivity index (χ1) is 18.5. The van der Waals surface area contributed by atoms with Crippen LogP contribution in [0, 0.1) is 18.3 Å². The van der Waals surface area contributed by atoms with Crippen LogP contribution in [0.4, 0.5) is 5.88 Å². The molecule has 1 aromatic carbocycles. The van der Waals surface area contributed by atoms with Gasteiger partial charge in [-0.1, -0.05) is 12.2 Å². The highest BCUT2D eigenvalue weighted by atomic mass is 32.2. The molecule has 0 fully saturated rings. The predicted molar refractivity (Wildman–Crippen MR) is 143 cm³/mol. The van der Waals surface area contributed by atoms with E-state index >= 15 is 0 Å². The van der Waals surface area contributed by atoms with E-state index in [1.807, 2.05) is 6.07 Å². The maximum absolute atomic E-state index is 13.6. The topological polar surface area (TPSA) is 201 Å². The molecule has 39 heavy (non-hydrogen) atoms. The van der Waals surface area contributed by atoms with Crippen molar-refractivity contribution in [1.82, 2.24) is 0 Å². The molecule has 0 unspecified atom stereocenters. The van der Waals surface area contributed by atoms with E-state index in [-0.39, 0.29) is 43.8 Å². The average Bonchev–Trinajstić information content (AvgIpc) is 3.40. The summed E-state index contributed by atoms with van der Waals surface area (Å²) in [7, 11) is -9.01. The van der Waals surface area contributed by atoms with Crippen molar-refractivity contribution in [3.63, 3.8) is 0 Å². The van der Waals surface area contributed by atoms with Gasteiger partial charge in [-0.2, -0.15) is 13.7 Å². The number of hydrogen-bond acceptors (Lipinski definition) is 10. The van der Waals surface area contributed by atoms with Gasteiger partial charge in [-0.05, 0) is 48.7 Å². The molecule has 210 valence electrons. The number of oxime groups is 1. The van der Waals surface area contributed by atoms with E-state index in [4.69, 9.17) is 34.9 Å². The molecule has 1 aliphatic rings. The summed E-state index contributed by atoms with van der Waals surface area (Å²) >= 11 is 0. The molecule has 13 nitrogen and oxygen atoms in total. The first-order valence-electron chi connectivity index (χ1n) is 11.8. The molecular formula is C24H29N5O8S2. The van der Waals surface area contributed by atoms with E-state index in [0.717, 1.165) is 4.31 Å². The van der Waals surface area contributed by atoms with Crippen LogP contribution in [0.2, 0.25) is 0 Å². The number of sulfonamides is 1. The van der Waals surface area contributed by atoms with E-state index in [0.29, 0.717) is 30.6 Å². The fourth-order valence-corrected chi connectivity index (χ4v) is 6.86. The van der Waals surface area contributed by atoms with Gasteiger partial charge in [-0.3, -0.25) is 0 Å². The van der Waals surface area contributed by atoms with Gasteiger partial charge in [0.25, 0.3) is 10.0 Å². The first-order valence-corrected chi connectivity index (χ1v) is 14.6. The van der Waals surface area contributed by atoms with Crippen LogP contribution in [0.1, 0.15) is 31.2 Å². The van der Waals surface area contributed by atoms with Crippen LogP contribution in [0.25, 0.3) is 0 Å². The van der Waals surface area contributed by atoms with Crippen LogP contribution in [0.15, 0.2) is 68.1 Å². The Bertz CT molecular complexity index is 1490. The second-order valence-corrected chi connectivity index (χ2v) is 11.6. The largest absolute Gasteiger partial charge is 0.493 e. The molecule has 4 N–H and O–H groups in total. The number of nitrogens with zero attached hydrogens (tertiary/aromatic N) is 3. The second-order valence-electron chi connectivity index (χ2n) is 8.22. The Morgan fingerprint density at radius 1 is 1.10 bits per heavy atom. The zero-order valence-electron chi connectivity index (χ0n) is 21.1. The summed E-state index contributed by atoms with van der Waals surface area (Å²) in [6.07, 6.45) is 4.80. The highest BCUT2D eigenvalue weighted by Crippen LogP contribution is 2.35. The minimum atomic E-state index is -4.59. The standard InChI is InChI=1S/C24H29N5O8S2/c1-18-15-19(34-13-6-14-36-28-24(26)27)17-20(16-18)37-39(32,33)22-8-3-2-7-21(22)38(30,31)29(11-5-10-25)23-9-4-12-35-23/h4,7-9,12,15-17H,2-3,5-6,11,13-14H2,1H3,(H4,26,27,28). The van der Waals surface area contributed by atoms with E-state index in [9.17, 15) is 16.8 Å². The number of furan rings is 1. The van der Waals surface area contributed by atoms with Crippen LogP contribution < -0.4 is 24.7 Å². The number of hydrogen-bond donors (Lipinski definition) is 2. The van der Waals surface area contributed by atoms with Gasteiger partial charge in [-0.15, -0.1) is 0 Å². The molecule has 1 aliphatic carbocycles. The zero-order valence-corrected chi connectivity index (χ0v) is 22.8. The van der Waals surface area contributed by atoms with Crippen LogP contribution >= 0.6 is 0 Å². The second kappa shape index (κ2) is 13.1. The van der Waals surface area contributed by atoms with Gasteiger partial charge in [0.1, 0.15) is 27.9 Å². The van der Waals surface area contributed by atoms with Crippen molar-refractivity contribution in [2.45, 2.75) is 32.6 Å². The number of aryl methyl sites for hydroxylation is 1. The molecule has 0 saturated heterocycles. The lowest BCUT2D eigenvalue weighted by Crippen LogP contribution is -2.34. The number of benzene rings is 1. The lowest BCUT2D eigenvalue weighted by atomic mass is 10.2. The summed E-state index contributed by atoms with van der Waals surface area (Å²) in [5.41, 5.74) is 11.0.